The molecule has 1 aliphatic carbocycles. The number of benzene rings is 1. The Morgan fingerprint density at radius 3 is 2.32 bits per heavy atom. The van der Waals surface area contributed by atoms with Crippen LogP contribution in [0.3, 0.4) is 0 Å². The number of nitrogens with two attached hydrogens (primary N) is 1. The van der Waals surface area contributed by atoms with Crippen molar-refractivity contribution in [2.45, 2.75) is 116 Å². The summed E-state index contributed by atoms with van der Waals surface area (Å²) in [7, 11) is 0. The molecule has 0 aliphatic heterocycles. The van der Waals surface area contributed by atoms with Gasteiger partial charge in [-0.25, -0.2) is 4.79 Å². The van der Waals surface area contributed by atoms with Crippen LogP contribution in [0.5, 0.6) is 5.75 Å². The summed E-state index contributed by atoms with van der Waals surface area (Å²) in [6.45, 7) is 10.4. The molecule has 212 valence electrons. The Kier molecular flexibility index (Phi) is 11.0. The van der Waals surface area contributed by atoms with Crippen molar-refractivity contribution in [1.82, 2.24) is 15.5 Å². The molecule has 2 rings (SSSR count). The highest BCUT2D eigenvalue weighted by atomic mass is 16.6. The number of alkyl carbamates (subject to hydrolysis) is 1. The van der Waals surface area contributed by atoms with Gasteiger partial charge in [0.2, 0.25) is 17.7 Å². The monoisotopic (exact) mass is 532 g/mol. The minimum Gasteiger partial charge on any atom is -0.508 e. The van der Waals surface area contributed by atoms with Gasteiger partial charge in [0, 0.05) is 12.1 Å². The second kappa shape index (κ2) is 13.5. The van der Waals surface area contributed by atoms with Crippen LogP contribution in [0.15, 0.2) is 18.2 Å². The number of carbonyl (C=O) groups excluding carboxylic acids is 4. The molecule has 10 nitrogen and oxygen atoms in total. The number of aromatic hydroxyl groups is 1. The van der Waals surface area contributed by atoms with Crippen LogP contribution >= 0.6 is 0 Å². The molecule has 0 bridgehead atoms. The van der Waals surface area contributed by atoms with Crippen molar-refractivity contribution in [1.29, 1.82) is 0 Å². The summed E-state index contributed by atoms with van der Waals surface area (Å²) < 4.78 is 5.31. The van der Waals surface area contributed by atoms with Gasteiger partial charge in [0.25, 0.3) is 0 Å². The van der Waals surface area contributed by atoms with Crippen LogP contribution < -0.4 is 16.4 Å². The number of phenolic OH excluding ortho intramolecular Hbond substituents is 1. The normalized spacial score (nSPS) is 16.6. The quantitative estimate of drug-likeness (QED) is 0.362. The van der Waals surface area contributed by atoms with Gasteiger partial charge in [-0.3, -0.25) is 14.4 Å². The predicted molar refractivity (Wildman–Crippen MR) is 144 cm³/mol. The third-order valence-corrected chi connectivity index (χ3v) is 6.73. The molecule has 0 spiro atoms. The van der Waals surface area contributed by atoms with Gasteiger partial charge >= 0.3 is 6.09 Å². The van der Waals surface area contributed by atoms with Crippen molar-refractivity contribution in [3.63, 3.8) is 0 Å². The lowest BCUT2D eigenvalue weighted by atomic mass is 9.93. The van der Waals surface area contributed by atoms with E-state index >= 15 is 0 Å². The van der Waals surface area contributed by atoms with Crippen LogP contribution in [-0.2, 0) is 19.1 Å². The first-order chi connectivity index (χ1) is 17.7. The molecular formula is C28H44N4O6. The topological polar surface area (TPSA) is 151 Å². The number of nitrogens with zero attached hydrogens (tertiary/aromatic N) is 1. The molecule has 4 amide bonds. The lowest BCUT2D eigenvalue weighted by Gasteiger charge is -2.39. The first-order valence-electron chi connectivity index (χ1n) is 13.4. The van der Waals surface area contributed by atoms with E-state index in [4.69, 9.17) is 10.5 Å². The van der Waals surface area contributed by atoms with Crippen LogP contribution in [-0.4, -0.2) is 57.5 Å². The third kappa shape index (κ3) is 8.92. The molecule has 10 heteroatoms. The molecular weight excluding hydrogens is 488 g/mol. The van der Waals surface area contributed by atoms with E-state index in [9.17, 15) is 24.3 Å². The number of ether oxygens (including phenoxy) is 1. The molecule has 1 aromatic carbocycles. The van der Waals surface area contributed by atoms with Crippen LogP contribution in [0.2, 0.25) is 0 Å². The second-order valence-corrected chi connectivity index (χ2v) is 11.2. The highest BCUT2D eigenvalue weighted by molar-refractivity contribution is 5.94. The Labute approximate surface area is 225 Å². The van der Waals surface area contributed by atoms with Gasteiger partial charge in [-0.05, 0) is 77.1 Å². The summed E-state index contributed by atoms with van der Waals surface area (Å²) in [6.07, 6.45) is 4.04. The van der Waals surface area contributed by atoms with Crippen LogP contribution in [0, 0.1) is 6.92 Å². The minimum absolute atomic E-state index is 0.00727. The van der Waals surface area contributed by atoms with Gasteiger partial charge in [0.1, 0.15) is 23.4 Å². The number of nitrogens with one attached hydrogen (secondary N) is 2. The van der Waals surface area contributed by atoms with Crippen LogP contribution in [0.4, 0.5) is 4.79 Å². The minimum atomic E-state index is -1.33. The molecule has 1 saturated carbocycles. The first-order valence-corrected chi connectivity index (χ1v) is 13.4. The Morgan fingerprint density at radius 1 is 1.16 bits per heavy atom. The predicted octanol–water partition coefficient (Wildman–Crippen LogP) is 3.59. The Balaban J connectivity index is 2.53. The standard InChI is InChI=1S/C28H44N4O6/c1-7-18(3)32(26(36)21(16-23(29)34)31-27(37)38-28(4,5)6)24(19-13-14-22(33)17(2)15-19)25(35)30-20-11-9-8-10-12-20/h13-15,18,20-21,24,33H,7-12,16H2,1-6H3,(H2,29,34)(H,30,35)(H,31,37). The van der Waals surface area contributed by atoms with Crippen LogP contribution in [0.1, 0.15) is 96.7 Å². The zero-order valence-corrected chi connectivity index (χ0v) is 23.5. The van der Waals surface area contributed by atoms with E-state index in [1.807, 2.05) is 6.92 Å². The fraction of sp³-hybridized carbons (Fsp3) is 0.643. The second-order valence-electron chi connectivity index (χ2n) is 11.2. The summed E-state index contributed by atoms with van der Waals surface area (Å²) >= 11 is 0. The number of carbonyl (C=O) groups is 4. The van der Waals surface area contributed by atoms with Gasteiger partial charge in [0.15, 0.2) is 0 Å². The molecule has 1 aromatic rings. The van der Waals surface area contributed by atoms with Crippen molar-refractivity contribution in [3.05, 3.63) is 29.3 Å². The van der Waals surface area contributed by atoms with Gasteiger partial charge in [-0.15, -0.1) is 0 Å². The maximum atomic E-state index is 14.1. The largest absolute Gasteiger partial charge is 0.508 e. The van der Waals surface area contributed by atoms with Gasteiger partial charge < -0.3 is 31.1 Å². The molecule has 3 atom stereocenters. The Bertz CT molecular complexity index is 1000. The number of amides is 4. The molecule has 0 heterocycles. The number of hydrogen-bond acceptors (Lipinski definition) is 6. The van der Waals surface area contributed by atoms with Crippen LogP contribution in [0.25, 0.3) is 0 Å². The average molecular weight is 533 g/mol. The number of rotatable bonds is 10. The fourth-order valence-corrected chi connectivity index (χ4v) is 4.64. The lowest BCUT2D eigenvalue weighted by Crippen LogP contribution is -2.57. The van der Waals surface area contributed by atoms with E-state index in [1.54, 1.807) is 46.8 Å². The van der Waals surface area contributed by atoms with E-state index in [0.717, 1.165) is 32.1 Å². The van der Waals surface area contributed by atoms with Crippen molar-refractivity contribution >= 4 is 23.8 Å². The number of primary amides is 1. The molecule has 0 saturated heterocycles. The zero-order valence-electron chi connectivity index (χ0n) is 23.5. The summed E-state index contributed by atoms with van der Waals surface area (Å²) in [5, 5.41) is 15.7. The number of hydrogen-bond donors (Lipinski definition) is 4. The SMILES string of the molecule is CCC(C)N(C(=O)C(CC(N)=O)NC(=O)OC(C)(C)C)C(C(=O)NC1CCCCC1)c1ccc(O)c(C)c1. The molecule has 0 aromatic heterocycles. The van der Waals surface area contributed by atoms with Gasteiger partial charge in [0.05, 0.1) is 6.42 Å². The van der Waals surface area contributed by atoms with E-state index in [2.05, 4.69) is 10.6 Å². The van der Waals surface area contributed by atoms with E-state index in [-0.39, 0.29) is 17.7 Å². The van der Waals surface area contributed by atoms with Crippen molar-refractivity contribution in [2.75, 3.05) is 0 Å². The van der Waals surface area contributed by atoms with Crippen molar-refractivity contribution in [2.24, 2.45) is 5.73 Å². The average Bonchev–Trinajstić information content (AvgIpc) is 2.82. The number of phenols is 1. The lowest BCUT2D eigenvalue weighted by molar-refractivity contribution is -0.146. The van der Waals surface area contributed by atoms with E-state index < -0.39 is 48.1 Å². The summed E-state index contributed by atoms with van der Waals surface area (Å²) in [4.78, 5) is 53.8. The van der Waals surface area contributed by atoms with Crippen molar-refractivity contribution < 1.29 is 29.0 Å². The van der Waals surface area contributed by atoms with E-state index in [1.165, 1.54) is 11.0 Å². The maximum Gasteiger partial charge on any atom is 0.408 e. The van der Waals surface area contributed by atoms with Crippen molar-refractivity contribution in [3.8, 4) is 5.75 Å². The third-order valence-electron chi connectivity index (χ3n) is 6.73. The summed E-state index contributed by atoms with van der Waals surface area (Å²) in [5.41, 5.74) is 5.68. The molecule has 0 radical (unpaired) electrons. The highest BCUT2D eigenvalue weighted by Crippen LogP contribution is 2.30. The molecule has 1 aliphatic rings. The Morgan fingerprint density at radius 2 is 1.79 bits per heavy atom. The maximum absolute atomic E-state index is 14.1. The number of aryl methyl sites for hydroxylation is 1. The summed E-state index contributed by atoms with van der Waals surface area (Å²) in [5.74, 6) is -1.70. The molecule has 38 heavy (non-hydrogen) atoms. The fourth-order valence-electron chi connectivity index (χ4n) is 4.64. The smallest absolute Gasteiger partial charge is 0.408 e. The first kappa shape index (κ1) is 30.9. The zero-order chi connectivity index (χ0) is 28.6. The highest BCUT2D eigenvalue weighted by Gasteiger charge is 2.39. The van der Waals surface area contributed by atoms with Gasteiger partial charge in [-0.2, -0.15) is 0 Å². The van der Waals surface area contributed by atoms with E-state index in [0.29, 0.717) is 17.5 Å². The molecule has 3 unspecified atom stereocenters. The van der Waals surface area contributed by atoms with Gasteiger partial charge in [-0.1, -0.05) is 32.3 Å². The Hall–Kier alpha value is -3.30. The molecule has 1 fully saturated rings. The summed E-state index contributed by atoms with van der Waals surface area (Å²) in [6, 6.07) is 1.94. The molecule has 5 N–H and O–H groups in total.